The van der Waals surface area contributed by atoms with Gasteiger partial charge in [0.1, 0.15) is 5.75 Å². The molecule has 0 aromatic heterocycles. The van der Waals surface area contributed by atoms with Gasteiger partial charge in [0.15, 0.2) is 0 Å². The van der Waals surface area contributed by atoms with Crippen molar-refractivity contribution in [2.45, 2.75) is 26.2 Å². The molecule has 0 atom stereocenters. The molecule has 2 aromatic rings. The van der Waals surface area contributed by atoms with Gasteiger partial charge in [-0.3, -0.25) is 0 Å². The van der Waals surface area contributed by atoms with Crippen molar-refractivity contribution in [3.05, 3.63) is 58.9 Å². The molecular weight excluding hydrogens is 403 g/mol. The van der Waals surface area contributed by atoms with E-state index in [2.05, 4.69) is 9.47 Å². The van der Waals surface area contributed by atoms with Crippen LogP contribution in [0.1, 0.15) is 36.5 Å². The second kappa shape index (κ2) is 9.85. The number of benzene rings is 2. The number of rotatable bonds is 7. The molecule has 10 heteroatoms. The third-order valence-corrected chi connectivity index (χ3v) is 3.63. The van der Waals surface area contributed by atoms with Gasteiger partial charge in [-0.15, -0.1) is 0 Å². The molecule has 0 heterocycles. The van der Waals surface area contributed by atoms with Crippen LogP contribution >= 0.6 is 0 Å². The van der Waals surface area contributed by atoms with Crippen LogP contribution in [0.15, 0.2) is 24.3 Å². The largest absolute Gasteiger partial charge is 0.519 e. The van der Waals surface area contributed by atoms with Crippen LogP contribution in [0.2, 0.25) is 0 Å². The van der Waals surface area contributed by atoms with E-state index in [-0.39, 0.29) is 17.9 Å². The van der Waals surface area contributed by atoms with E-state index in [0.29, 0.717) is 6.42 Å². The van der Waals surface area contributed by atoms with Crippen LogP contribution in [0.25, 0.3) is 0 Å². The van der Waals surface area contributed by atoms with E-state index in [1.165, 1.54) is 12.1 Å². The zero-order chi connectivity index (χ0) is 21.6. The number of unbranched alkanes of at least 4 members (excludes halogenated alkanes) is 2. The van der Waals surface area contributed by atoms with Crippen molar-refractivity contribution in [3.63, 3.8) is 0 Å². The fourth-order valence-corrected chi connectivity index (χ4v) is 2.13. The van der Waals surface area contributed by atoms with Gasteiger partial charge in [0, 0.05) is 0 Å². The summed E-state index contributed by atoms with van der Waals surface area (Å²) >= 11 is 0. The zero-order valence-electron chi connectivity index (χ0n) is 15.1. The lowest BCUT2D eigenvalue weighted by Gasteiger charge is -2.09. The van der Waals surface area contributed by atoms with Crippen molar-refractivity contribution in [1.29, 1.82) is 0 Å². The van der Waals surface area contributed by atoms with Crippen LogP contribution in [0.4, 0.5) is 26.7 Å². The molecule has 156 valence electrons. The third-order valence-electron chi connectivity index (χ3n) is 3.63. The van der Waals surface area contributed by atoms with E-state index in [1.807, 2.05) is 6.92 Å². The lowest BCUT2D eigenvalue weighted by molar-refractivity contribution is 0.0498. The SMILES string of the molecule is CCCCCOC(=O)c1ccc(OC(=O)Oc2c(F)c(F)c(F)c(F)c2F)cc1. The third kappa shape index (κ3) is 5.43. The van der Waals surface area contributed by atoms with Gasteiger partial charge in [-0.1, -0.05) is 19.8 Å². The summed E-state index contributed by atoms with van der Waals surface area (Å²) in [4.78, 5) is 23.4. The standard InChI is InChI=1S/C19H15F5O5/c1-2-3-4-9-27-18(25)10-5-7-11(8-6-10)28-19(26)29-17-15(23)13(21)12(20)14(22)16(17)24/h5-8H,2-4,9H2,1H3. The number of ether oxygens (including phenoxy) is 3. The zero-order valence-corrected chi connectivity index (χ0v) is 15.1. The lowest BCUT2D eigenvalue weighted by Crippen LogP contribution is -2.17. The van der Waals surface area contributed by atoms with E-state index in [9.17, 15) is 31.5 Å². The Labute approximate surface area is 162 Å². The highest BCUT2D eigenvalue weighted by atomic mass is 19.2. The summed E-state index contributed by atoms with van der Waals surface area (Å²) in [5, 5.41) is 0. The van der Waals surface area contributed by atoms with Crippen molar-refractivity contribution in [2.75, 3.05) is 6.61 Å². The molecule has 0 saturated carbocycles. The molecular formula is C19H15F5O5. The monoisotopic (exact) mass is 418 g/mol. The normalized spacial score (nSPS) is 10.6. The van der Waals surface area contributed by atoms with Gasteiger partial charge < -0.3 is 14.2 Å². The first-order valence-corrected chi connectivity index (χ1v) is 8.44. The molecule has 0 bridgehead atoms. The quantitative estimate of drug-likeness (QED) is 0.152. The summed E-state index contributed by atoms with van der Waals surface area (Å²) in [5.74, 6) is -14.2. The van der Waals surface area contributed by atoms with Crippen molar-refractivity contribution >= 4 is 12.1 Å². The second-order valence-electron chi connectivity index (χ2n) is 5.72. The van der Waals surface area contributed by atoms with Crippen LogP contribution in [0, 0.1) is 29.1 Å². The maximum atomic E-state index is 13.5. The van der Waals surface area contributed by atoms with Crippen LogP contribution < -0.4 is 9.47 Å². The van der Waals surface area contributed by atoms with Crippen LogP contribution in [0.3, 0.4) is 0 Å². The average Bonchev–Trinajstić information content (AvgIpc) is 2.72. The first kappa shape index (κ1) is 22.1. The van der Waals surface area contributed by atoms with Gasteiger partial charge in [0.05, 0.1) is 12.2 Å². The van der Waals surface area contributed by atoms with Gasteiger partial charge in [-0.05, 0) is 30.7 Å². The smallest absolute Gasteiger partial charge is 0.462 e. The number of hydrogen-bond donors (Lipinski definition) is 0. The molecule has 2 aromatic carbocycles. The molecule has 5 nitrogen and oxygen atoms in total. The lowest BCUT2D eigenvalue weighted by atomic mass is 10.2. The molecule has 0 saturated heterocycles. The Balaban J connectivity index is 2.01. The van der Waals surface area contributed by atoms with Crippen molar-refractivity contribution in [2.24, 2.45) is 0 Å². The van der Waals surface area contributed by atoms with Crippen LogP contribution in [0.5, 0.6) is 11.5 Å². The summed E-state index contributed by atoms with van der Waals surface area (Å²) in [6.07, 6.45) is 0.839. The Bertz CT molecular complexity index is 870. The molecule has 0 fully saturated rings. The van der Waals surface area contributed by atoms with Gasteiger partial charge in [0.25, 0.3) is 0 Å². The average molecular weight is 418 g/mol. The van der Waals surface area contributed by atoms with Crippen LogP contribution in [-0.4, -0.2) is 18.7 Å². The Hall–Kier alpha value is -3.17. The first-order chi connectivity index (χ1) is 13.8. The highest BCUT2D eigenvalue weighted by Gasteiger charge is 2.29. The Morgan fingerprint density at radius 3 is 1.90 bits per heavy atom. The summed E-state index contributed by atoms with van der Waals surface area (Å²) in [5.41, 5.74) is 0.155. The van der Waals surface area contributed by atoms with Gasteiger partial charge in [-0.2, -0.15) is 8.78 Å². The fraction of sp³-hybridized carbons (Fsp3) is 0.263. The molecule has 0 unspecified atom stereocenters. The minimum Gasteiger partial charge on any atom is -0.462 e. The van der Waals surface area contributed by atoms with E-state index >= 15 is 0 Å². The Morgan fingerprint density at radius 2 is 1.34 bits per heavy atom. The van der Waals surface area contributed by atoms with E-state index in [1.54, 1.807) is 0 Å². The predicted molar refractivity (Wildman–Crippen MR) is 89.1 cm³/mol. The maximum Gasteiger partial charge on any atom is 0.519 e. The number of carbonyl (C=O) groups is 2. The molecule has 0 N–H and O–H groups in total. The van der Waals surface area contributed by atoms with Crippen molar-refractivity contribution in [3.8, 4) is 11.5 Å². The molecule has 0 aliphatic heterocycles. The van der Waals surface area contributed by atoms with E-state index in [0.717, 1.165) is 25.0 Å². The van der Waals surface area contributed by atoms with Gasteiger partial charge >= 0.3 is 12.1 Å². The highest BCUT2D eigenvalue weighted by molar-refractivity contribution is 5.89. The summed E-state index contributed by atoms with van der Waals surface area (Å²) < 4.78 is 79.9. The van der Waals surface area contributed by atoms with E-state index < -0.39 is 47.0 Å². The molecule has 2 rings (SSSR count). The Morgan fingerprint density at radius 1 is 0.793 bits per heavy atom. The van der Waals surface area contributed by atoms with Gasteiger partial charge in [0.2, 0.25) is 34.8 Å². The maximum absolute atomic E-state index is 13.5. The van der Waals surface area contributed by atoms with Crippen molar-refractivity contribution in [1.82, 2.24) is 0 Å². The van der Waals surface area contributed by atoms with E-state index in [4.69, 9.17) is 4.74 Å². The number of carbonyl (C=O) groups excluding carboxylic acids is 2. The van der Waals surface area contributed by atoms with Crippen LogP contribution in [-0.2, 0) is 4.74 Å². The molecule has 0 radical (unpaired) electrons. The summed E-state index contributed by atoms with van der Waals surface area (Å²) in [6.45, 7) is 2.25. The number of halogens is 5. The highest BCUT2D eigenvalue weighted by Crippen LogP contribution is 2.29. The number of esters is 1. The van der Waals surface area contributed by atoms with Gasteiger partial charge in [-0.25, -0.2) is 22.8 Å². The molecule has 0 aliphatic carbocycles. The second-order valence-corrected chi connectivity index (χ2v) is 5.72. The fourth-order valence-electron chi connectivity index (χ4n) is 2.13. The minimum absolute atomic E-state index is 0.155. The molecule has 29 heavy (non-hydrogen) atoms. The first-order valence-electron chi connectivity index (χ1n) is 8.44. The molecule has 0 spiro atoms. The summed E-state index contributed by atoms with van der Waals surface area (Å²) in [7, 11) is 0. The topological polar surface area (TPSA) is 61.8 Å². The minimum atomic E-state index is -2.39. The molecule has 0 aliphatic rings. The Kier molecular flexibility index (Phi) is 7.52. The number of hydrogen-bond acceptors (Lipinski definition) is 5. The van der Waals surface area contributed by atoms with Crippen molar-refractivity contribution < 1.29 is 45.8 Å². The summed E-state index contributed by atoms with van der Waals surface area (Å²) in [6, 6.07) is 4.82. The predicted octanol–water partition coefficient (Wildman–Crippen LogP) is 5.31. The molecule has 0 amide bonds.